The minimum absolute atomic E-state index is 0.0772. The summed E-state index contributed by atoms with van der Waals surface area (Å²) in [5.41, 5.74) is 4.46. The van der Waals surface area contributed by atoms with E-state index in [2.05, 4.69) is 73.1 Å². The molecule has 2 saturated carbocycles. The first kappa shape index (κ1) is 26.5. The maximum Gasteiger partial charge on any atom is 0.306 e. The van der Waals surface area contributed by atoms with Gasteiger partial charge in [0.25, 0.3) is 5.91 Å². The number of benzene rings is 3. The first-order valence-electron chi connectivity index (χ1n) is 14.2. The third-order valence-electron chi connectivity index (χ3n) is 9.68. The van der Waals surface area contributed by atoms with E-state index in [-0.39, 0.29) is 28.4 Å². The Morgan fingerprint density at radius 3 is 2.15 bits per heavy atom. The molecule has 10 heteroatoms. The summed E-state index contributed by atoms with van der Waals surface area (Å²) >= 11 is 0. The van der Waals surface area contributed by atoms with E-state index in [1.54, 1.807) is 0 Å². The van der Waals surface area contributed by atoms with Gasteiger partial charge in [-0.15, -0.1) is 0 Å². The van der Waals surface area contributed by atoms with Crippen molar-refractivity contribution in [3.63, 3.8) is 0 Å². The molecule has 1 unspecified atom stereocenters. The highest BCUT2D eigenvalue weighted by atomic mass is 16.4. The fourth-order valence-electron chi connectivity index (χ4n) is 6.94. The van der Waals surface area contributed by atoms with Crippen molar-refractivity contribution in [1.29, 1.82) is 0 Å². The third kappa shape index (κ3) is 4.29. The molecule has 3 aromatic carbocycles. The number of carboxylic acids is 1. The zero-order valence-corrected chi connectivity index (χ0v) is 23.6. The number of fused-ring (bicyclic) bond motifs is 1. The van der Waals surface area contributed by atoms with Gasteiger partial charge < -0.3 is 10.4 Å². The van der Waals surface area contributed by atoms with Crippen LogP contribution in [0, 0.1) is 11.3 Å². The Bertz CT molecular complexity index is 1590. The summed E-state index contributed by atoms with van der Waals surface area (Å²) in [7, 11) is 8.85. The molecule has 1 amide bonds. The number of carbonyl (C=O) groups excluding carboxylic acids is 1. The van der Waals surface area contributed by atoms with Gasteiger partial charge in [-0.1, -0.05) is 71.8 Å². The van der Waals surface area contributed by atoms with E-state index in [1.165, 1.54) is 5.56 Å². The lowest BCUT2D eigenvalue weighted by Gasteiger charge is -2.56. The standard InChI is InChI=1S/C30H33B4N3O3/c31-29(30(32,33)34,22-11-9-19(10-12-22)18-5-2-1-3-6-18)37-25-20(17-35-37)7-4-8-24(25)26(38)36-23-15-28(16-23)13-21(14-28)27(39)40/h1-12,17,21,23H,13-16,31-34H2,(H,36,38)(H,39,40). The molecule has 2 N–H and O–H groups in total. The number of carbonyl (C=O) groups is 2. The number of hydrogen-bond donors (Lipinski definition) is 2. The van der Waals surface area contributed by atoms with Crippen LogP contribution in [-0.4, -0.2) is 64.2 Å². The molecule has 1 aromatic heterocycles. The highest BCUT2D eigenvalue weighted by Crippen LogP contribution is 2.58. The van der Waals surface area contributed by atoms with Crippen molar-refractivity contribution in [2.45, 2.75) is 42.3 Å². The van der Waals surface area contributed by atoms with Gasteiger partial charge in [0, 0.05) is 16.9 Å². The van der Waals surface area contributed by atoms with Gasteiger partial charge in [0.05, 0.1) is 46.7 Å². The summed E-state index contributed by atoms with van der Waals surface area (Å²) in [6.45, 7) is 0. The molecule has 0 saturated heterocycles. The van der Waals surface area contributed by atoms with Crippen LogP contribution in [0.4, 0.5) is 0 Å². The molecule has 1 atom stereocenters. The first-order chi connectivity index (χ1) is 19.0. The second kappa shape index (κ2) is 9.46. The summed E-state index contributed by atoms with van der Waals surface area (Å²) in [4.78, 5) is 24.9. The monoisotopic (exact) mass is 527 g/mol. The predicted octanol–water partition coefficient (Wildman–Crippen LogP) is 1.38. The number of nitrogens with one attached hydrogen (secondary N) is 1. The van der Waals surface area contributed by atoms with Gasteiger partial charge in [0.1, 0.15) is 7.85 Å². The van der Waals surface area contributed by atoms with E-state index in [4.69, 9.17) is 5.10 Å². The topological polar surface area (TPSA) is 84.2 Å². The van der Waals surface area contributed by atoms with Crippen molar-refractivity contribution in [2.75, 3.05) is 0 Å². The van der Waals surface area contributed by atoms with Crippen LogP contribution in [-0.2, 0) is 10.2 Å². The van der Waals surface area contributed by atoms with Gasteiger partial charge in [0.2, 0.25) is 0 Å². The third-order valence-corrected chi connectivity index (χ3v) is 9.68. The van der Waals surface area contributed by atoms with E-state index >= 15 is 0 Å². The second-order valence-corrected chi connectivity index (χ2v) is 13.1. The van der Waals surface area contributed by atoms with Gasteiger partial charge in [-0.2, -0.15) is 5.10 Å². The summed E-state index contributed by atoms with van der Waals surface area (Å²) < 4.78 is 2.04. The van der Waals surface area contributed by atoms with Crippen LogP contribution in [0.1, 0.15) is 41.6 Å². The van der Waals surface area contributed by atoms with Gasteiger partial charge in [-0.3, -0.25) is 14.3 Å². The molecule has 6 rings (SSSR count). The largest absolute Gasteiger partial charge is 0.481 e. The number of rotatable bonds is 7. The Hall–Kier alpha value is -3.67. The lowest BCUT2D eigenvalue weighted by atomic mass is 9.30. The number of nitrogens with zero attached hydrogens (tertiary/aromatic N) is 2. The highest BCUT2D eigenvalue weighted by Gasteiger charge is 2.55. The normalized spacial score (nSPS) is 23.6. The molecule has 198 valence electrons. The molecule has 6 nitrogen and oxygen atoms in total. The number of hydrogen-bond acceptors (Lipinski definition) is 3. The van der Waals surface area contributed by atoms with Crippen LogP contribution in [0.25, 0.3) is 22.0 Å². The maximum absolute atomic E-state index is 13.7. The Balaban J connectivity index is 1.32. The summed E-state index contributed by atoms with van der Waals surface area (Å²) in [6.07, 6.45) is 5.01. The number of carboxylic acid groups (broad SMARTS) is 1. The SMILES string of the molecule is BC(B)(B)C(B)(c1ccc(-c2ccccc2)cc1)n1ncc2cccc(C(=O)NC3CC4(C3)CC(C(=O)O)C4)c21. The molecule has 2 fully saturated rings. The second-order valence-electron chi connectivity index (χ2n) is 13.1. The Kier molecular flexibility index (Phi) is 6.28. The van der Waals surface area contributed by atoms with Gasteiger partial charge in [-0.25, -0.2) is 0 Å². The molecule has 0 aliphatic heterocycles. The maximum atomic E-state index is 13.7. The van der Waals surface area contributed by atoms with E-state index in [9.17, 15) is 14.7 Å². The molecule has 0 radical (unpaired) electrons. The van der Waals surface area contributed by atoms with Crippen molar-refractivity contribution >= 4 is 54.2 Å². The molecule has 2 aliphatic rings. The quantitative estimate of drug-likeness (QED) is 0.357. The van der Waals surface area contributed by atoms with Crippen molar-refractivity contribution in [3.8, 4) is 11.1 Å². The van der Waals surface area contributed by atoms with E-state index < -0.39 is 11.4 Å². The van der Waals surface area contributed by atoms with Crippen molar-refractivity contribution in [2.24, 2.45) is 11.3 Å². The van der Waals surface area contributed by atoms with Gasteiger partial charge in [-0.05, 0) is 53.9 Å². The Morgan fingerprint density at radius 2 is 1.52 bits per heavy atom. The molecule has 40 heavy (non-hydrogen) atoms. The Morgan fingerprint density at radius 1 is 0.875 bits per heavy atom. The number of para-hydroxylation sites is 1. The molecular weight excluding hydrogens is 494 g/mol. The van der Waals surface area contributed by atoms with Crippen LogP contribution < -0.4 is 5.32 Å². The smallest absolute Gasteiger partial charge is 0.306 e. The van der Waals surface area contributed by atoms with E-state index in [1.807, 2.05) is 47.3 Å². The minimum atomic E-state index is -0.699. The molecule has 1 heterocycles. The predicted molar refractivity (Wildman–Crippen MR) is 169 cm³/mol. The first-order valence-corrected chi connectivity index (χ1v) is 14.2. The lowest BCUT2D eigenvalue weighted by Crippen LogP contribution is -2.57. The molecule has 1 spiro atoms. The van der Waals surface area contributed by atoms with Gasteiger partial charge >= 0.3 is 5.97 Å². The number of amides is 1. The summed E-state index contributed by atoms with van der Waals surface area (Å²) in [5.74, 6) is -1.02. The fraction of sp³-hybridized carbons (Fsp3) is 0.300. The summed E-state index contributed by atoms with van der Waals surface area (Å²) in [5, 5.41) is 18.1. The fourth-order valence-corrected chi connectivity index (χ4v) is 6.94. The van der Waals surface area contributed by atoms with Gasteiger partial charge in [0.15, 0.2) is 0 Å². The zero-order chi connectivity index (χ0) is 28.3. The summed E-state index contributed by atoms with van der Waals surface area (Å²) in [6, 6.07) is 24.9. The van der Waals surface area contributed by atoms with Crippen LogP contribution in [0.15, 0.2) is 79.0 Å². The zero-order valence-electron chi connectivity index (χ0n) is 23.6. The van der Waals surface area contributed by atoms with Crippen LogP contribution in [0.3, 0.4) is 0 Å². The average Bonchev–Trinajstić information content (AvgIpc) is 3.33. The average molecular weight is 527 g/mol. The molecular formula is C30H33B4N3O3. The van der Waals surface area contributed by atoms with E-state index in [0.717, 1.165) is 47.7 Å². The number of aliphatic carboxylic acids is 1. The molecule has 2 aliphatic carbocycles. The van der Waals surface area contributed by atoms with Crippen molar-refractivity contribution < 1.29 is 14.7 Å². The highest BCUT2D eigenvalue weighted by molar-refractivity contribution is 6.62. The molecule has 0 bridgehead atoms. The van der Waals surface area contributed by atoms with Crippen molar-refractivity contribution in [3.05, 3.63) is 90.1 Å². The Labute approximate surface area is 238 Å². The van der Waals surface area contributed by atoms with Crippen LogP contribution >= 0.6 is 0 Å². The van der Waals surface area contributed by atoms with Crippen LogP contribution in [0.2, 0.25) is 5.11 Å². The molecule has 4 aromatic rings. The van der Waals surface area contributed by atoms with Crippen molar-refractivity contribution in [1.82, 2.24) is 15.1 Å². The lowest BCUT2D eigenvalue weighted by molar-refractivity contribution is -0.155. The number of aromatic nitrogens is 2. The van der Waals surface area contributed by atoms with Crippen LogP contribution in [0.5, 0.6) is 0 Å². The van der Waals surface area contributed by atoms with E-state index in [0.29, 0.717) is 5.56 Å². The minimum Gasteiger partial charge on any atom is -0.481 e.